The van der Waals surface area contributed by atoms with Crippen LogP contribution in [0, 0.1) is 13.8 Å². The van der Waals surface area contributed by atoms with E-state index in [0.29, 0.717) is 5.02 Å². The molecule has 0 unspecified atom stereocenters. The smallest absolute Gasteiger partial charge is 0.110 e. The Morgan fingerprint density at radius 2 is 1.69 bits per heavy atom. The van der Waals surface area contributed by atoms with Gasteiger partial charge in [0.15, 0.2) is 0 Å². The average Bonchev–Trinajstić information content (AvgIpc) is 3.13. The van der Waals surface area contributed by atoms with Crippen LogP contribution in [-0.4, -0.2) is 19.7 Å². The average molecular weight is 361 g/mol. The van der Waals surface area contributed by atoms with Crippen LogP contribution >= 0.6 is 11.6 Å². The van der Waals surface area contributed by atoms with E-state index in [1.54, 1.807) is 0 Å². The Bertz CT molecular complexity index is 1310. The number of halogens is 1. The molecule has 0 amide bonds. The second-order valence-corrected chi connectivity index (χ2v) is 7.20. The second kappa shape index (κ2) is 5.32. The molecule has 26 heavy (non-hydrogen) atoms. The van der Waals surface area contributed by atoms with Gasteiger partial charge in [-0.2, -0.15) is 0 Å². The quantitative estimate of drug-likeness (QED) is 0.426. The molecular weight excluding hydrogens is 344 g/mol. The number of H-pyrrole nitrogens is 1. The van der Waals surface area contributed by atoms with Crippen LogP contribution < -0.4 is 0 Å². The molecule has 0 bridgehead atoms. The SMILES string of the molecule is Cc1[nH]n(C)c2c1nc(-c1ccc(Cl)cc1)c1nc3cccc(C)c3c12. The van der Waals surface area contributed by atoms with E-state index in [0.717, 1.165) is 44.4 Å². The van der Waals surface area contributed by atoms with Gasteiger partial charge in [0.2, 0.25) is 0 Å². The lowest BCUT2D eigenvalue weighted by Crippen LogP contribution is -1.92. The molecule has 128 valence electrons. The molecule has 1 N–H and O–H groups in total. The number of nitrogens with one attached hydrogen (secondary N) is 1. The van der Waals surface area contributed by atoms with Gasteiger partial charge in [-0.05, 0) is 37.6 Å². The molecule has 4 nitrogen and oxygen atoms in total. The molecule has 0 saturated carbocycles. The zero-order valence-electron chi connectivity index (χ0n) is 14.8. The zero-order valence-corrected chi connectivity index (χ0v) is 15.5. The Hall–Kier alpha value is -2.85. The van der Waals surface area contributed by atoms with Gasteiger partial charge in [0.05, 0.1) is 22.4 Å². The van der Waals surface area contributed by atoms with Gasteiger partial charge in [-0.15, -0.1) is 0 Å². The van der Waals surface area contributed by atoms with Gasteiger partial charge in [-0.25, -0.2) is 9.97 Å². The van der Waals surface area contributed by atoms with E-state index in [4.69, 9.17) is 21.6 Å². The summed E-state index contributed by atoms with van der Waals surface area (Å²) in [5.41, 5.74) is 8.17. The minimum absolute atomic E-state index is 0.715. The third-order valence-electron chi connectivity index (χ3n) is 5.02. The second-order valence-electron chi connectivity index (χ2n) is 6.76. The molecule has 5 rings (SSSR count). The summed E-state index contributed by atoms with van der Waals surface area (Å²) in [7, 11) is 2.02. The highest BCUT2D eigenvalue weighted by atomic mass is 35.5. The number of benzene rings is 2. The Morgan fingerprint density at radius 3 is 2.46 bits per heavy atom. The molecule has 0 aliphatic carbocycles. The summed E-state index contributed by atoms with van der Waals surface area (Å²) in [5.74, 6) is 0. The molecule has 0 atom stereocenters. The van der Waals surface area contributed by atoms with Crippen molar-refractivity contribution in [2.75, 3.05) is 0 Å². The number of nitrogens with zero attached hydrogens (tertiary/aromatic N) is 3. The predicted molar refractivity (Wildman–Crippen MR) is 108 cm³/mol. The molecule has 0 radical (unpaired) electrons. The molecule has 5 aromatic rings. The Morgan fingerprint density at radius 1 is 0.923 bits per heavy atom. The van der Waals surface area contributed by atoms with Gasteiger partial charge in [0.1, 0.15) is 11.0 Å². The standard InChI is InChI=1S/C21H17ClN4/c1-11-5-4-6-15-16(11)17-20(23-15)19(13-7-9-14(22)10-8-13)24-18-12(2)25-26(3)21(17)18/h4-10,25H,1-3H3. The van der Waals surface area contributed by atoms with Crippen molar-refractivity contribution in [2.24, 2.45) is 7.05 Å². The first-order valence-corrected chi connectivity index (χ1v) is 8.92. The number of pyridine rings is 1. The van der Waals surface area contributed by atoms with Gasteiger partial charge in [-0.1, -0.05) is 35.9 Å². The van der Waals surface area contributed by atoms with Crippen LogP contribution in [0.4, 0.5) is 0 Å². The van der Waals surface area contributed by atoms with Crippen LogP contribution in [-0.2, 0) is 7.05 Å². The van der Waals surface area contributed by atoms with Gasteiger partial charge < -0.3 is 5.10 Å². The molecule has 0 spiro atoms. The van der Waals surface area contributed by atoms with Crippen molar-refractivity contribution in [3.05, 3.63) is 58.7 Å². The van der Waals surface area contributed by atoms with E-state index in [-0.39, 0.29) is 0 Å². The van der Waals surface area contributed by atoms with Gasteiger partial charge in [0.25, 0.3) is 0 Å². The topological polar surface area (TPSA) is 46.5 Å². The van der Waals surface area contributed by atoms with Crippen LogP contribution in [0.5, 0.6) is 0 Å². The maximum absolute atomic E-state index is 6.08. The molecule has 0 fully saturated rings. The fourth-order valence-electron chi connectivity index (χ4n) is 3.86. The number of fused-ring (bicyclic) bond motifs is 5. The number of rotatable bonds is 1. The minimum atomic E-state index is 0.715. The highest BCUT2D eigenvalue weighted by Crippen LogP contribution is 2.38. The molecule has 2 aromatic carbocycles. The fourth-order valence-corrected chi connectivity index (χ4v) is 3.99. The van der Waals surface area contributed by atoms with Crippen molar-refractivity contribution in [3.8, 4) is 11.3 Å². The highest BCUT2D eigenvalue weighted by Gasteiger charge is 2.20. The van der Waals surface area contributed by atoms with E-state index < -0.39 is 0 Å². The molecule has 3 heterocycles. The van der Waals surface area contributed by atoms with Crippen LogP contribution in [0.25, 0.3) is 44.1 Å². The molecule has 0 aliphatic heterocycles. The van der Waals surface area contributed by atoms with E-state index in [1.807, 2.05) is 36.0 Å². The third kappa shape index (κ3) is 2.02. The first-order valence-electron chi connectivity index (χ1n) is 8.54. The molecule has 3 aromatic heterocycles. The van der Waals surface area contributed by atoms with Gasteiger partial charge >= 0.3 is 0 Å². The van der Waals surface area contributed by atoms with Crippen LogP contribution in [0.1, 0.15) is 11.3 Å². The Labute approximate surface area is 155 Å². The van der Waals surface area contributed by atoms with E-state index in [1.165, 1.54) is 10.9 Å². The summed E-state index contributed by atoms with van der Waals surface area (Å²) in [6.07, 6.45) is 0. The van der Waals surface area contributed by atoms with Crippen molar-refractivity contribution in [1.82, 2.24) is 19.7 Å². The first kappa shape index (κ1) is 15.4. The summed E-state index contributed by atoms with van der Waals surface area (Å²) < 4.78 is 2.04. The number of hydrogen-bond acceptors (Lipinski definition) is 2. The van der Waals surface area contributed by atoms with E-state index in [9.17, 15) is 0 Å². The summed E-state index contributed by atoms with van der Waals surface area (Å²) in [6.45, 7) is 4.19. The predicted octanol–water partition coefficient (Wildman–Crippen LogP) is 5.54. The molecule has 0 aliphatic rings. The number of aryl methyl sites for hydroxylation is 3. The molecule has 5 heteroatoms. The number of hydrogen-bond donors (Lipinski definition) is 1. The van der Waals surface area contributed by atoms with E-state index in [2.05, 4.69) is 37.1 Å². The monoisotopic (exact) mass is 360 g/mol. The number of aromatic amines is 1. The maximum Gasteiger partial charge on any atom is 0.110 e. The van der Waals surface area contributed by atoms with Crippen molar-refractivity contribution in [2.45, 2.75) is 13.8 Å². The number of aromatic nitrogens is 4. The molecular formula is C21H17ClN4. The Kier molecular flexibility index (Phi) is 3.15. The van der Waals surface area contributed by atoms with Crippen LogP contribution in [0.2, 0.25) is 5.02 Å². The van der Waals surface area contributed by atoms with Crippen molar-refractivity contribution >= 4 is 44.4 Å². The summed E-state index contributed by atoms with van der Waals surface area (Å²) >= 11 is 6.08. The minimum Gasteiger partial charge on any atom is -0.301 e. The molecule has 0 saturated heterocycles. The summed E-state index contributed by atoms with van der Waals surface area (Å²) in [5, 5.41) is 6.44. The maximum atomic E-state index is 6.08. The fraction of sp³-hybridized carbons (Fsp3) is 0.143. The normalized spacial score (nSPS) is 11.8. The Balaban J connectivity index is 2.06. The lowest BCUT2D eigenvalue weighted by Gasteiger charge is -2.06. The lowest BCUT2D eigenvalue weighted by molar-refractivity contribution is 0.785. The first-order chi connectivity index (χ1) is 12.5. The summed E-state index contributed by atoms with van der Waals surface area (Å²) in [4.78, 5) is 9.94. The van der Waals surface area contributed by atoms with E-state index >= 15 is 0 Å². The highest BCUT2D eigenvalue weighted by molar-refractivity contribution is 6.30. The van der Waals surface area contributed by atoms with Crippen LogP contribution in [0.15, 0.2) is 42.5 Å². The van der Waals surface area contributed by atoms with Gasteiger partial charge in [0, 0.05) is 28.4 Å². The third-order valence-corrected chi connectivity index (χ3v) is 5.27. The lowest BCUT2D eigenvalue weighted by atomic mass is 10.0. The van der Waals surface area contributed by atoms with Crippen molar-refractivity contribution in [3.63, 3.8) is 0 Å². The zero-order chi connectivity index (χ0) is 18.0. The van der Waals surface area contributed by atoms with Crippen LogP contribution in [0.3, 0.4) is 0 Å². The van der Waals surface area contributed by atoms with Crippen molar-refractivity contribution in [1.29, 1.82) is 0 Å². The van der Waals surface area contributed by atoms with Crippen molar-refractivity contribution < 1.29 is 0 Å². The largest absolute Gasteiger partial charge is 0.301 e. The van der Waals surface area contributed by atoms with Gasteiger partial charge in [-0.3, -0.25) is 4.68 Å². The summed E-state index contributed by atoms with van der Waals surface area (Å²) in [6, 6.07) is 14.1.